The first kappa shape index (κ1) is 20.2. The van der Waals surface area contributed by atoms with Crippen molar-refractivity contribution in [1.82, 2.24) is 20.1 Å². The maximum Gasteiger partial charge on any atom is 0.123 e. The second-order valence-electron chi connectivity index (χ2n) is 9.72. The number of nitrogens with one attached hydrogen (secondary N) is 1. The van der Waals surface area contributed by atoms with Gasteiger partial charge in [0, 0.05) is 81.1 Å². The lowest BCUT2D eigenvalue weighted by Gasteiger charge is -2.47. The van der Waals surface area contributed by atoms with Gasteiger partial charge in [-0.25, -0.2) is 4.98 Å². The highest BCUT2D eigenvalue weighted by molar-refractivity contribution is 7.15. The van der Waals surface area contributed by atoms with E-state index in [2.05, 4.69) is 39.4 Å². The molecule has 1 N–H and O–H groups in total. The molecular formula is C25H34N4OS. The van der Waals surface area contributed by atoms with Crippen LogP contribution in [0.3, 0.4) is 0 Å². The van der Waals surface area contributed by atoms with Crippen molar-refractivity contribution in [2.75, 3.05) is 32.7 Å². The molecule has 0 radical (unpaired) electrons. The van der Waals surface area contributed by atoms with E-state index >= 15 is 0 Å². The van der Waals surface area contributed by atoms with Gasteiger partial charge in [0.15, 0.2) is 0 Å². The van der Waals surface area contributed by atoms with E-state index in [0.717, 1.165) is 42.4 Å². The first-order valence-corrected chi connectivity index (χ1v) is 13.1. The second kappa shape index (κ2) is 8.81. The fraction of sp³-hybridized carbons (Fsp3) is 0.640. The van der Waals surface area contributed by atoms with Crippen molar-refractivity contribution in [2.24, 2.45) is 0 Å². The summed E-state index contributed by atoms with van der Waals surface area (Å²) in [4.78, 5) is 11.7. The van der Waals surface area contributed by atoms with Crippen LogP contribution in [0.4, 0.5) is 0 Å². The highest BCUT2D eigenvalue weighted by atomic mass is 32.1. The lowest BCUT2D eigenvalue weighted by Crippen LogP contribution is -2.57. The van der Waals surface area contributed by atoms with Crippen LogP contribution in [0.2, 0.25) is 0 Å². The Hall–Kier alpha value is -1.47. The van der Waals surface area contributed by atoms with Gasteiger partial charge in [-0.1, -0.05) is 12.8 Å². The van der Waals surface area contributed by atoms with Crippen molar-refractivity contribution in [3.63, 3.8) is 0 Å². The summed E-state index contributed by atoms with van der Waals surface area (Å²) in [5.41, 5.74) is 2.49. The van der Waals surface area contributed by atoms with Crippen LogP contribution in [0.25, 0.3) is 10.6 Å². The van der Waals surface area contributed by atoms with Crippen LogP contribution in [0.5, 0.6) is 5.75 Å². The molecule has 1 aromatic heterocycles. The largest absolute Gasteiger partial charge is 0.490 e. The van der Waals surface area contributed by atoms with E-state index in [4.69, 9.17) is 9.72 Å². The highest BCUT2D eigenvalue weighted by Crippen LogP contribution is 2.34. The van der Waals surface area contributed by atoms with Gasteiger partial charge < -0.3 is 10.1 Å². The lowest BCUT2D eigenvalue weighted by atomic mass is 9.87. The molecule has 3 fully saturated rings. The molecule has 2 aliphatic heterocycles. The minimum absolute atomic E-state index is 0.377. The number of fused-ring (bicyclic) bond motifs is 1. The van der Waals surface area contributed by atoms with Gasteiger partial charge in [-0.3, -0.25) is 9.80 Å². The normalized spacial score (nSPS) is 27.7. The Labute approximate surface area is 189 Å². The van der Waals surface area contributed by atoms with Gasteiger partial charge in [-0.2, -0.15) is 0 Å². The fourth-order valence-electron chi connectivity index (χ4n) is 5.79. The second-order valence-corrected chi connectivity index (χ2v) is 10.8. The number of thiazole rings is 1. The Balaban J connectivity index is 0.979. The Morgan fingerprint density at radius 1 is 0.935 bits per heavy atom. The average molecular weight is 439 g/mol. The van der Waals surface area contributed by atoms with Gasteiger partial charge in [0.25, 0.3) is 0 Å². The molecule has 1 saturated heterocycles. The van der Waals surface area contributed by atoms with Crippen LogP contribution in [-0.2, 0) is 13.0 Å². The topological polar surface area (TPSA) is 40.6 Å². The fourth-order valence-corrected chi connectivity index (χ4v) is 6.87. The standard InChI is InChI=1S/C25H34N4OS/c1-2-4-19(3-1)28-11-13-29(14-12-28)20-15-22(16-20)30-21-7-5-18(6-8-21)25-27-23-9-10-26-17-24(23)31-25/h5-8,19-20,22,26H,1-4,9-17H2. The first-order chi connectivity index (χ1) is 15.3. The Morgan fingerprint density at radius 3 is 2.35 bits per heavy atom. The molecule has 0 atom stereocenters. The number of rotatable bonds is 5. The molecule has 0 bridgehead atoms. The van der Waals surface area contributed by atoms with Crippen molar-refractivity contribution in [3.05, 3.63) is 34.8 Å². The summed E-state index contributed by atoms with van der Waals surface area (Å²) < 4.78 is 6.28. The molecule has 0 unspecified atom stereocenters. The average Bonchev–Trinajstić information content (AvgIpc) is 3.47. The highest BCUT2D eigenvalue weighted by Gasteiger charge is 2.37. The number of hydrogen-bond acceptors (Lipinski definition) is 6. The number of benzene rings is 1. The summed E-state index contributed by atoms with van der Waals surface area (Å²) in [7, 11) is 0. The van der Waals surface area contributed by atoms with Gasteiger partial charge in [0.1, 0.15) is 16.9 Å². The van der Waals surface area contributed by atoms with Crippen LogP contribution >= 0.6 is 11.3 Å². The third kappa shape index (κ3) is 4.28. The molecule has 0 amide bonds. The first-order valence-electron chi connectivity index (χ1n) is 12.3. The number of aromatic nitrogens is 1. The van der Waals surface area contributed by atoms with Crippen molar-refractivity contribution >= 4 is 11.3 Å². The van der Waals surface area contributed by atoms with E-state index in [0.29, 0.717) is 6.10 Å². The maximum absolute atomic E-state index is 6.28. The Kier molecular flexibility index (Phi) is 5.73. The predicted molar refractivity (Wildman–Crippen MR) is 126 cm³/mol. The smallest absolute Gasteiger partial charge is 0.123 e. The van der Waals surface area contributed by atoms with Crippen LogP contribution in [0.1, 0.15) is 49.1 Å². The molecule has 4 aliphatic rings. The molecule has 6 rings (SSSR count). The van der Waals surface area contributed by atoms with E-state index in [1.165, 1.54) is 80.8 Å². The van der Waals surface area contributed by atoms with Crippen molar-refractivity contribution in [3.8, 4) is 16.3 Å². The summed E-state index contributed by atoms with van der Waals surface area (Å²) in [6.45, 7) is 7.04. The summed E-state index contributed by atoms with van der Waals surface area (Å²) in [6.07, 6.45) is 9.52. The molecular weight excluding hydrogens is 404 g/mol. The Morgan fingerprint density at radius 2 is 1.65 bits per heavy atom. The third-order valence-corrected chi connectivity index (χ3v) is 8.93. The van der Waals surface area contributed by atoms with Gasteiger partial charge in [0.2, 0.25) is 0 Å². The molecule has 6 heteroatoms. The van der Waals surface area contributed by atoms with E-state index in [1.807, 2.05) is 11.3 Å². The van der Waals surface area contributed by atoms with Gasteiger partial charge in [-0.05, 0) is 37.1 Å². The number of piperazine rings is 1. The van der Waals surface area contributed by atoms with E-state index in [-0.39, 0.29) is 0 Å². The molecule has 0 spiro atoms. The summed E-state index contributed by atoms with van der Waals surface area (Å²) in [5.74, 6) is 1.00. The zero-order chi connectivity index (χ0) is 20.6. The lowest BCUT2D eigenvalue weighted by molar-refractivity contribution is -0.0120. The minimum Gasteiger partial charge on any atom is -0.490 e. The van der Waals surface area contributed by atoms with E-state index < -0.39 is 0 Å². The van der Waals surface area contributed by atoms with Crippen LogP contribution in [-0.4, -0.2) is 65.7 Å². The number of nitrogens with zero attached hydrogens (tertiary/aromatic N) is 3. The molecule has 31 heavy (non-hydrogen) atoms. The van der Waals surface area contributed by atoms with Gasteiger partial charge in [-0.15, -0.1) is 11.3 Å². The molecule has 2 aliphatic carbocycles. The van der Waals surface area contributed by atoms with Crippen LogP contribution in [0.15, 0.2) is 24.3 Å². The van der Waals surface area contributed by atoms with Crippen LogP contribution < -0.4 is 10.1 Å². The number of hydrogen-bond donors (Lipinski definition) is 1. The van der Waals surface area contributed by atoms with Crippen LogP contribution in [0, 0.1) is 0 Å². The summed E-state index contributed by atoms with van der Waals surface area (Å²) >= 11 is 1.82. The Bertz CT molecular complexity index is 854. The summed E-state index contributed by atoms with van der Waals surface area (Å²) in [5, 5.41) is 4.58. The van der Waals surface area contributed by atoms with Crippen molar-refractivity contribution in [1.29, 1.82) is 0 Å². The summed E-state index contributed by atoms with van der Waals surface area (Å²) in [6, 6.07) is 10.2. The zero-order valence-electron chi connectivity index (χ0n) is 18.4. The SMILES string of the molecule is c1cc(-c2nc3c(s2)CNCC3)ccc1OC1CC(N2CCN(C3CCCC3)CC2)C1. The number of ether oxygens (including phenoxy) is 1. The quantitative estimate of drug-likeness (QED) is 0.766. The third-order valence-electron chi connectivity index (χ3n) is 7.78. The molecule has 2 saturated carbocycles. The maximum atomic E-state index is 6.28. The van der Waals surface area contributed by atoms with Crippen molar-refractivity contribution in [2.45, 2.75) is 69.7 Å². The molecule has 2 aromatic rings. The molecule has 1 aromatic carbocycles. The zero-order valence-corrected chi connectivity index (χ0v) is 19.2. The van der Waals surface area contributed by atoms with E-state index in [1.54, 1.807) is 0 Å². The molecule has 5 nitrogen and oxygen atoms in total. The van der Waals surface area contributed by atoms with E-state index in [9.17, 15) is 0 Å². The van der Waals surface area contributed by atoms with Gasteiger partial charge >= 0.3 is 0 Å². The predicted octanol–water partition coefficient (Wildman–Crippen LogP) is 3.93. The van der Waals surface area contributed by atoms with Gasteiger partial charge in [0.05, 0.1) is 5.69 Å². The molecule has 3 heterocycles. The monoisotopic (exact) mass is 438 g/mol. The van der Waals surface area contributed by atoms with Crippen molar-refractivity contribution < 1.29 is 4.74 Å². The minimum atomic E-state index is 0.377. The molecule has 166 valence electrons.